The van der Waals surface area contributed by atoms with Crippen LogP contribution in [0.15, 0.2) is 18.2 Å². The molecule has 7 nitrogen and oxygen atoms in total. The number of urea groups is 1. The third-order valence-electron chi connectivity index (χ3n) is 4.74. The number of likely N-dealkylation sites (N-methyl/N-ethyl adjacent to an activating group) is 1. The number of hydrogen-bond donors (Lipinski definition) is 0. The average Bonchev–Trinajstić information content (AvgIpc) is 2.85. The molecule has 1 aromatic carbocycles. The molecule has 2 fully saturated rings. The van der Waals surface area contributed by atoms with E-state index in [1.807, 2.05) is 32.0 Å². The van der Waals surface area contributed by atoms with Crippen molar-refractivity contribution in [3.8, 4) is 11.5 Å². The third-order valence-corrected chi connectivity index (χ3v) is 4.74. The Bertz CT molecular complexity index is 664. The summed E-state index contributed by atoms with van der Waals surface area (Å²) in [4.78, 5) is 29.9. The van der Waals surface area contributed by atoms with Crippen LogP contribution in [0.2, 0.25) is 0 Å². The van der Waals surface area contributed by atoms with Gasteiger partial charge in [-0.05, 0) is 31.5 Å². The highest BCUT2D eigenvalue weighted by Gasteiger charge is 2.46. The van der Waals surface area contributed by atoms with E-state index < -0.39 is 0 Å². The van der Waals surface area contributed by atoms with Crippen molar-refractivity contribution in [2.75, 3.05) is 39.9 Å². The molecule has 0 spiro atoms. The van der Waals surface area contributed by atoms with E-state index in [2.05, 4.69) is 4.90 Å². The molecule has 2 saturated heterocycles. The molecule has 7 heteroatoms. The van der Waals surface area contributed by atoms with E-state index in [0.29, 0.717) is 38.5 Å². The summed E-state index contributed by atoms with van der Waals surface area (Å²) in [5.41, 5.74) is 1.10. The van der Waals surface area contributed by atoms with E-state index >= 15 is 0 Å². The third kappa shape index (κ3) is 3.28. The van der Waals surface area contributed by atoms with Crippen LogP contribution >= 0.6 is 0 Å². The van der Waals surface area contributed by atoms with Gasteiger partial charge in [-0.1, -0.05) is 6.07 Å². The maximum absolute atomic E-state index is 12.4. The van der Waals surface area contributed by atoms with Crippen molar-refractivity contribution in [3.05, 3.63) is 23.8 Å². The highest BCUT2D eigenvalue weighted by molar-refractivity contribution is 6.04. The van der Waals surface area contributed by atoms with Gasteiger partial charge in [0.2, 0.25) is 0 Å². The predicted molar refractivity (Wildman–Crippen MR) is 92.7 cm³/mol. The zero-order chi connectivity index (χ0) is 18.0. The van der Waals surface area contributed by atoms with Crippen LogP contribution in [-0.2, 0) is 11.3 Å². The number of carbonyl (C=O) groups excluding carboxylic acids is 2. The number of ether oxygens (including phenoxy) is 2. The van der Waals surface area contributed by atoms with Crippen LogP contribution in [0.3, 0.4) is 0 Å². The minimum Gasteiger partial charge on any atom is -0.493 e. The first kappa shape index (κ1) is 17.5. The molecule has 136 valence electrons. The van der Waals surface area contributed by atoms with Crippen LogP contribution < -0.4 is 9.47 Å². The molecule has 2 aliphatic rings. The van der Waals surface area contributed by atoms with Crippen molar-refractivity contribution in [3.63, 3.8) is 0 Å². The van der Waals surface area contributed by atoms with Gasteiger partial charge in [0, 0.05) is 32.7 Å². The van der Waals surface area contributed by atoms with Gasteiger partial charge in [0.25, 0.3) is 5.91 Å². The highest BCUT2D eigenvalue weighted by Crippen LogP contribution is 2.29. The number of fused-ring (bicyclic) bond motifs is 1. The van der Waals surface area contributed by atoms with Gasteiger partial charge >= 0.3 is 6.03 Å². The molecule has 0 N–H and O–H groups in total. The molecule has 0 bridgehead atoms. The van der Waals surface area contributed by atoms with Crippen molar-refractivity contribution in [2.45, 2.75) is 26.4 Å². The predicted octanol–water partition coefficient (Wildman–Crippen LogP) is 1.56. The van der Waals surface area contributed by atoms with Crippen molar-refractivity contribution >= 4 is 11.9 Å². The van der Waals surface area contributed by atoms with Crippen LogP contribution in [0.25, 0.3) is 0 Å². The molecule has 2 aliphatic heterocycles. The standard InChI is InChI=1S/C18H25N3O4/c1-4-20-17(22)14-12-19(8-9-21(14)18(20)23)11-13-6-7-15(24-3)16(10-13)25-5-2/h6-7,10,14H,4-5,8-9,11-12H2,1-3H3/t14-/m0/s1. The molecule has 3 amide bonds. The summed E-state index contributed by atoms with van der Waals surface area (Å²) < 4.78 is 10.9. The molecular formula is C18H25N3O4. The lowest BCUT2D eigenvalue weighted by molar-refractivity contribution is -0.129. The van der Waals surface area contributed by atoms with Gasteiger partial charge in [-0.3, -0.25) is 14.6 Å². The summed E-state index contributed by atoms with van der Waals surface area (Å²) >= 11 is 0. The number of methoxy groups -OCH3 is 1. The van der Waals surface area contributed by atoms with Crippen LogP contribution in [0.1, 0.15) is 19.4 Å². The van der Waals surface area contributed by atoms with E-state index in [1.54, 1.807) is 12.0 Å². The van der Waals surface area contributed by atoms with Crippen LogP contribution in [0.4, 0.5) is 4.79 Å². The van der Waals surface area contributed by atoms with Gasteiger partial charge in [-0.2, -0.15) is 0 Å². The van der Waals surface area contributed by atoms with E-state index in [0.717, 1.165) is 17.9 Å². The van der Waals surface area contributed by atoms with Gasteiger partial charge in [-0.15, -0.1) is 0 Å². The highest BCUT2D eigenvalue weighted by atomic mass is 16.5. The SMILES string of the molecule is CCOc1cc(CN2CCN3C(=O)N(CC)C(=O)[C@@H]3C2)ccc1OC. The van der Waals surface area contributed by atoms with Gasteiger partial charge < -0.3 is 14.4 Å². The Morgan fingerprint density at radius 1 is 1.16 bits per heavy atom. The molecule has 1 aromatic rings. The second kappa shape index (κ2) is 7.31. The summed E-state index contributed by atoms with van der Waals surface area (Å²) in [5, 5.41) is 0. The molecule has 1 atom stereocenters. The number of carbonyl (C=O) groups is 2. The summed E-state index contributed by atoms with van der Waals surface area (Å²) in [7, 11) is 1.62. The fourth-order valence-electron chi connectivity index (χ4n) is 3.49. The van der Waals surface area contributed by atoms with Crippen molar-refractivity contribution in [2.24, 2.45) is 0 Å². The Hall–Kier alpha value is -2.28. The smallest absolute Gasteiger partial charge is 0.327 e. The van der Waals surface area contributed by atoms with Gasteiger partial charge in [0.15, 0.2) is 11.5 Å². The monoisotopic (exact) mass is 347 g/mol. The van der Waals surface area contributed by atoms with Crippen molar-refractivity contribution in [1.82, 2.24) is 14.7 Å². The van der Waals surface area contributed by atoms with Crippen molar-refractivity contribution in [1.29, 1.82) is 0 Å². The maximum Gasteiger partial charge on any atom is 0.327 e. The van der Waals surface area contributed by atoms with E-state index in [-0.39, 0.29) is 18.0 Å². The minimum atomic E-state index is -0.356. The quantitative estimate of drug-likeness (QED) is 0.731. The zero-order valence-electron chi connectivity index (χ0n) is 15.0. The zero-order valence-corrected chi connectivity index (χ0v) is 15.0. The molecule has 0 radical (unpaired) electrons. The van der Waals surface area contributed by atoms with E-state index in [4.69, 9.17) is 9.47 Å². The molecule has 0 aliphatic carbocycles. The number of benzene rings is 1. The minimum absolute atomic E-state index is 0.0815. The maximum atomic E-state index is 12.4. The van der Waals surface area contributed by atoms with Crippen molar-refractivity contribution < 1.29 is 19.1 Å². The Kier molecular flexibility index (Phi) is 5.13. The van der Waals surface area contributed by atoms with Crippen LogP contribution in [-0.4, -0.2) is 72.6 Å². The fraction of sp³-hybridized carbons (Fsp3) is 0.556. The lowest BCUT2D eigenvalue weighted by Gasteiger charge is -2.35. The molecule has 0 saturated carbocycles. The number of amides is 3. The molecule has 2 heterocycles. The molecule has 0 unspecified atom stereocenters. The lowest BCUT2D eigenvalue weighted by Crippen LogP contribution is -2.52. The molecule has 3 rings (SSSR count). The number of hydrogen-bond acceptors (Lipinski definition) is 5. The molecular weight excluding hydrogens is 322 g/mol. The molecule has 25 heavy (non-hydrogen) atoms. The normalized spacial score (nSPS) is 20.8. The largest absolute Gasteiger partial charge is 0.493 e. The van der Waals surface area contributed by atoms with Gasteiger partial charge in [0.05, 0.1) is 13.7 Å². The number of imide groups is 1. The Balaban J connectivity index is 1.70. The Morgan fingerprint density at radius 3 is 2.64 bits per heavy atom. The van der Waals surface area contributed by atoms with E-state index in [1.165, 1.54) is 4.90 Å². The van der Waals surface area contributed by atoms with Crippen LogP contribution in [0.5, 0.6) is 11.5 Å². The van der Waals surface area contributed by atoms with Gasteiger partial charge in [-0.25, -0.2) is 4.79 Å². The first-order valence-corrected chi connectivity index (χ1v) is 8.73. The number of rotatable bonds is 6. The second-order valence-electron chi connectivity index (χ2n) is 6.23. The first-order valence-electron chi connectivity index (χ1n) is 8.73. The summed E-state index contributed by atoms with van der Waals surface area (Å²) in [5.74, 6) is 1.36. The average molecular weight is 347 g/mol. The number of nitrogens with zero attached hydrogens (tertiary/aromatic N) is 3. The number of piperazine rings is 1. The Morgan fingerprint density at radius 2 is 1.96 bits per heavy atom. The summed E-state index contributed by atoms with van der Waals surface area (Å²) in [6.45, 7) is 7.39. The lowest BCUT2D eigenvalue weighted by atomic mass is 10.1. The fourth-order valence-corrected chi connectivity index (χ4v) is 3.49. The van der Waals surface area contributed by atoms with Gasteiger partial charge in [0.1, 0.15) is 6.04 Å². The summed E-state index contributed by atoms with van der Waals surface area (Å²) in [6.07, 6.45) is 0. The second-order valence-corrected chi connectivity index (χ2v) is 6.23. The first-order chi connectivity index (χ1) is 12.1. The van der Waals surface area contributed by atoms with E-state index in [9.17, 15) is 9.59 Å². The molecule has 0 aromatic heterocycles. The Labute approximate surface area is 148 Å². The summed E-state index contributed by atoms with van der Waals surface area (Å²) in [6, 6.07) is 5.38. The topological polar surface area (TPSA) is 62.3 Å². The van der Waals surface area contributed by atoms with Crippen LogP contribution in [0, 0.1) is 0 Å².